The summed E-state index contributed by atoms with van der Waals surface area (Å²) in [6.07, 6.45) is 0. The molecule has 5 heteroatoms. The van der Waals surface area contributed by atoms with E-state index in [9.17, 15) is 4.79 Å². The maximum atomic E-state index is 11.0. The van der Waals surface area contributed by atoms with Crippen molar-refractivity contribution < 1.29 is 9.21 Å². The molecule has 0 aliphatic carbocycles. The molecule has 1 amide bonds. The standard InChI is InChI=1S/C20H19ClN2O2/c1-13-18(4-3-5-19(13)21)20-11-10-17(25-20)12-22-15-6-8-16(9-7-15)23-14(2)24/h3-11,22H,12H2,1-2H3,(H,23,24). The van der Waals surface area contributed by atoms with Crippen molar-refractivity contribution in [2.75, 3.05) is 10.6 Å². The van der Waals surface area contributed by atoms with Crippen molar-refractivity contribution in [1.29, 1.82) is 0 Å². The zero-order chi connectivity index (χ0) is 17.8. The van der Waals surface area contributed by atoms with Crippen molar-refractivity contribution in [1.82, 2.24) is 0 Å². The van der Waals surface area contributed by atoms with E-state index in [0.29, 0.717) is 6.54 Å². The zero-order valence-corrected chi connectivity index (χ0v) is 14.9. The number of halogens is 1. The highest BCUT2D eigenvalue weighted by Gasteiger charge is 2.09. The highest BCUT2D eigenvalue weighted by molar-refractivity contribution is 6.31. The van der Waals surface area contributed by atoms with E-state index in [0.717, 1.165) is 39.0 Å². The van der Waals surface area contributed by atoms with Crippen LogP contribution in [0.5, 0.6) is 0 Å². The van der Waals surface area contributed by atoms with Crippen molar-refractivity contribution in [3.05, 3.63) is 70.9 Å². The Morgan fingerprint density at radius 3 is 2.48 bits per heavy atom. The summed E-state index contributed by atoms with van der Waals surface area (Å²) < 4.78 is 5.93. The van der Waals surface area contributed by atoms with E-state index in [1.165, 1.54) is 6.92 Å². The van der Waals surface area contributed by atoms with Crippen LogP contribution >= 0.6 is 11.6 Å². The Hall–Kier alpha value is -2.72. The molecule has 0 atom stereocenters. The van der Waals surface area contributed by atoms with Gasteiger partial charge in [0.2, 0.25) is 5.91 Å². The van der Waals surface area contributed by atoms with Gasteiger partial charge in [0, 0.05) is 28.9 Å². The number of carbonyl (C=O) groups excluding carboxylic acids is 1. The lowest BCUT2D eigenvalue weighted by atomic mass is 10.1. The van der Waals surface area contributed by atoms with Gasteiger partial charge in [0.15, 0.2) is 0 Å². The molecular formula is C20H19ClN2O2. The number of nitrogens with one attached hydrogen (secondary N) is 2. The number of hydrogen-bond acceptors (Lipinski definition) is 3. The second-order valence-electron chi connectivity index (χ2n) is 5.79. The molecule has 25 heavy (non-hydrogen) atoms. The molecule has 2 aromatic carbocycles. The summed E-state index contributed by atoms with van der Waals surface area (Å²) >= 11 is 6.18. The third-order valence-corrected chi connectivity index (χ3v) is 4.28. The van der Waals surface area contributed by atoms with Crippen LogP contribution in [0.15, 0.2) is 59.0 Å². The van der Waals surface area contributed by atoms with E-state index in [2.05, 4.69) is 10.6 Å². The molecule has 1 aromatic heterocycles. The Morgan fingerprint density at radius 1 is 1.04 bits per heavy atom. The summed E-state index contributed by atoms with van der Waals surface area (Å²) in [5.74, 6) is 1.55. The van der Waals surface area contributed by atoms with Crippen LogP contribution in [0.4, 0.5) is 11.4 Å². The molecular weight excluding hydrogens is 336 g/mol. The molecule has 3 aromatic rings. The molecule has 0 saturated heterocycles. The van der Waals surface area contributed by atoms with Crippen LogP contribution in [0, 0.1) is 6.92 Å². The summed E-state index contributed by atoms with van der Waals surface area (Å²) in [5.41, 5.74) is 3.73. The van der Waals surface area contributed by atoms with Crippen molar-refractivity contribution in [2.45, 2.75) is 20.4 Å². The van der Waals surface area contributed by atoms with Gasteiger partial charge >= 0.3 is 0 Å². The van der Waals surface area contributed by atoms with Crippen LogP contribution in [0.2, 0.25) is 5.02 Å². The number of anilines is 2. The maximum absolute atomic E-state index is 11.0. The molecule has 3 rings (SSSR count). The maximum Gasteiger partial charge on any atom is 0.221 e. The van der Waals surface area contributed by atoms with Gasteiger partial charge in [-0.15, -0.1) is 0 Å². The van der Waals surface area contributed by atoms with E-state index < -0.39 is 0 Å². The molecule has 0 saturated carbocycles. The molecule has 0 bridgehead atoms. The number of amides is 1. The van der Waals surface area contributed by atoms with Gasteiger partial charge in [-0.05, 0) is 55.0 Å². The number of benzene rings is 2. The smallest absolute Gasteiger partial charge is 0.221 e. The number of carbonyl (C=O) groups is 1. The Balaban J connectivity index is 1.66. The summed E-state index contributed by atoms with van der Waals surface area (Å²) in [6, 6.07) is 17.2. The second-order valence-corrected chi connectivity index (χ2v) is 6.20. The van der Waals surface area contributed by atoms with Gasteiger partial charge in [-0.3, -0.25) is 4.79 Å². The molecule has 2 N–H and O–H groups in total. The predicted octanol–water partition coefficient (Wildman–Crippen LogP) is 5.48. The normalized spacial score (nSPS) is 10.5. The fourth-order valence-electron chi connectivity index (χ4n) is 2.56. The highest BCUT2D eigenvalue weighted by Crippen LogP contribution is 2.29. The Kier molecular flexibility index (Phi) is 5.10. The van der Waals surface area contributed by atoms with Crippen LogP contribution in [0.25, 0.3) is 11.3 Å². The molecule has 1 heterocycles. The third kappa shape index (κ3) is 4.22. The van der Waals surface area contributed by atoms with E-state index in [-0.39, 0.29) is 5.91 Å². The van der Waals surface area contributed by atoms with Crippen LogP contribution in [-0.2, 0) is 11.3 Å². The average molecular weight is 355 g/mol. The summed E-state index contributed by atoms with van der Waals surface area (Å²) in [4.78, 5) is 11.0. The Bertz CT molecular complexity index is 885. The summed E-state index contributed by atoms with van der Waals surface area (Å²) in [6.45, 7) is 4.04. The average Bonchev–Trinajstić information content (AvgIpc) is 3.05. The first kappa shape index (κ1) is 17.1. The van der Waals surface area contributed by atoms with Gasteiger partial charge in [-0.2, -0.15) is 0 Å². The lowest BCUT2D eigenvalue weighted by Gasteiger charge is -2.07. The molecule has 0 fully saturated rings. The zero-order valence-electron chi connectivity index (χ0n) is 14.1. The highest BCUT2D eigenvalue weighted by atomic mass is 35.5. The minimum atomic E-state index is -0.0832. The van der Waals surface area contributed by atoms with Crippen LogP contribution in [-0.4, -0.2) is 5.91 Å². The quantitative estimate of drug-likeness (QED) is 0.638. The lowest BCUT2D eigenvalue weighted by molar-refractivity contribution is -0.114. The Labute approximate surface area is 151 Å². The molecule has 0 aliphatic heterocycles. The summed E-state index contributed by atoms with van der Waals surface area (Å²) in [7, 11) is 0. The number of rotatable bonds is 5. The lowest BCUT2D eigenvalue weighted by Crippen LogP contribution is -2.05. The van der Waals surface area contributed by atoms with Crippen LogP contribution in [0.1, 0.15) is 18.2 Å². The SMILES string of the molecule is CC(=O)Nc1ccc(NCc2ccc(-c3cccc(Cl)c3C)o2)cc1. The first-order valence-electron chi connectivity index (χ1n) is 7.98. The van der Waals surface area contributed by atoms with E-state index in [1.54, 1.807) is 0 Å². The van der Waals surface area contributed by atoms with E-state index in [1.807, 2.05) is 61.5 Å². The molecule has 0 unspecified atom stereocenters. The van der Waals surface area contributed by atoms with Gasteiger partial charge in [0.05, 0.1) is 6.54 Å². The first-order chi connectivity index (χ1) is 12.0. The Morgan fingerprint density at radius 2 is 1.76 bits per heavy atom. The van der Waals surface area contributed by atoms with Crippen molar-refractivity contribution in [2.24, 2.45) is 0 Å². The van der Waals surface area contributed by atoms with Gasteiger partial charge in [0.1, 0.15) is 11.5 Å². The topological polar surface area (TPSA) is 54.3 Å². The molecule has 0 aliphatic rings. The third-order valence-electron chi connectivity index (χ3n) is 3.87. The van der Waals surface area contributed by atoms with Crippen molar-refractivity contribution in [3.8, 4) is 11.3 Å². The summed E-state index contributed by atoms with van der Waals surface area (Å²) in [5, 5.41) is 6.77. The minimum Gasteiger partial charge on any atom is -0.459 e. The number of furan rings is 1. The van der Waals surface area contributed by atoms with Gasteiger partial charge in [0.25, 0.3) is 0 Å². The molecule has 0 spiro atoms. The van der Waals surface area contributed by atoms with Crippen LogP contribution < -0.4 is 10.6 Å². The van der Waals surface area contributed by atoms with Crippen molar-refractivity contribution >= 4 is 28.9 Å². The largest absolute Gasteiger partial charge is 0.459 e. The van der Waals surface area contributed by atoms with Crippen molar-refractivity contribution in [3.63, 3.8) is 0 Å². The monoisotopic (exact) mass is 354 g/mol. The molecule has 4 nitrogen and oxygen atoms in total. The van der Waals surface area contributed by atoms with Crippen LogP contribution in [0.3, 0.4) is 0 Å². The molecule has 128 valence electrons. The second kappa shape index (κ2) is 7.45. The van der Waals surface area contributed by atoms with E-state index >= 15 is 0 Å². The minimum absolute atomic E-state index is 0.0832. The van der Waals surface area contributed by atoms with Gasteiger partial charge < -0.3 is 15.1 Å². The van der Waals surface area contributed by atoms with Gasteiger partial charge in [-0.1, -0.05) is 23.7 Å². The fourth-order valence-corrected chi connectivity index (χ4v) is 2.73. The first-order valence-corrected chi connectivity index (χ1v) is 8.36. The fraction of sp³-hybridized carbons (Fsp3) is 0.150. The van der Waals surface area contributed by atoms with Gasteiger partial charge in [-0.25, -0.2) is 0 Å². The molecule has 0 radical (unpaired) electrons. The number of hydrogen-bond donors (Lipinski definition) is 2. The van der Waals surface area contributed by atoms with E-state index in [4.69, 9.17) is 16.0 Å². The predicted molar refractivity (Wildman–Crippen MR) is 102 cm³/mol.